The van der Waals surface area contributed by atoms with Crippen molar-refractivity contribution in [2.24, 2.45) is 0 Å². The van der Waals surface area contributed by atoms with Gasteiger partial charge in [0.1, 0.15) is 0 Å². The summed E-state index contributed by atoms with van der Waals surface area (Å²) >= 11 is 0. The second-order valence-corrected chi connectivity index (χ2v) is 0. The normalized spacial score (nSPS) is 0. The average molecular weight is 337 g/mol. The fraction of sp³-hybridized carbons (Fsp3) is 0. The summed E-state index contributed by atoms with van der Waals surface area (Å²) in [6.07, 6.45) is 0. The molecule has 10 heavy (non-hydrogen) atoms. The van der Waals surface area contributed by atoms with Gasteiger partial charge in [0.15, 0.2) is 0 Å². The predicted octanol–water partition coefficient (Wildman–Crippen LogP) is -21.7. The van der Waals surface area contributed by atoms with E-state index in [4.69, 9.17) is 0 Å². The Hall–Kier alpha value is 2.91. The molecular weight excluding hydrogens is 337 g/mol. The molecule has 0 heterocycles. The summed E-state index contributed by atoms with van der Waals surface area (Å²) in [6.45, 7) is 0. The van der Waals surface area contributed by atoms with Crippen molar-refractivity contribution < 1.29 is 74.7 Å². The van der Waals surface area contributed by atoms with E-state index in [1.54, 1.807) is 0 Å². The minimum Gasteiger partial charge on any atom is -1.00 e. The van der Waals surface area contributed by atoms with Crippen molar-refractivity contribution in [2.75, 3.05) is 0 Å². The van der Waals surface area contributed by atoms with Gasteiger partial charge in [0.2, 0.25) is 0 Å². The summed E-state index contributed by atoms with van der Waals surface area (Å²) < 4.78 is 0. The fourth-order valence-corrected chi connectivity index (χ4v) is 0. The Morgan fingerprint density at radius 1 is 0.400 bits per heavy atom. The molecule has 0 rings (SSSR count). The maximum Gasteiger partial charge on any atom is 3.00 e. The van der Waals surface area contributed by atoms with E-state index in [0.29, 0.717) is 0 Å². The molecule has 0 nitrogen and oxygen atoms in total. The first-order valence-electron chi connectivity index (χ1n) is 0. The third-order valence-electron chi connectivity index (χ3n) is 0. The van der Waals surface area contributed by atoms with Crippen molar-refractivity contribution in [3.63, 3.8) is 0 Å². The van der Waals surface area contributed by atoms with Crippen LogP contribution in [0.4, 0.5) is 0 Å². The van der Waals surface area contributed by atoms with Crippen molar-refractivity contribution in [3.05, 3.63) is 0 Å². The third-order valence-corrected chi connectivity index (χ3v) is 0. The maximum absolute atomic E-state index is 0. The van der Waals surface area contributed by atoms with Gasteiger partial charge in [-0.1, -0.05) is 0 Å². The van der Waals surface area contributed by atoms with Crippen LogP contribution in [-0.2, 0) is 0 Å². The minimum atomic E-state index is 0. The maximum atomic E-state index is 0. The summed E-state index contributed by atoms with van der Waals surface area (Å²) in [5.41, 5.74) is 0. The van der Waals surface area contributed by atoms with Crippen LogP contribution in [0, 0.1) is 41.7 Å². The zero-order valence-electron chi connectivity index (χ0n) is 4.56. The molecule has 0 aromatic heterocycles. The van der Waals surface area contributed by atoms with Crippen LogP contribution in [0.1, 0.15) is 0 Å². The molecule has 0 N–H and O–H groups in total. The minimum absolute atomic E-state index is 0. The summed E-state index contributed by atoms with van der Waals surface area (Å²) in [5.74, 6) is 0. The predicted molar refractivity (Wildman–Crippen MR) is 11.5 cm³/mol. The van der Waals surface area contributed by atoms with Gasteiger partial charge in [-0.3, -0.25) is 0 Å². The van der Waals surface area contributed by atoms with Gasteiger partial charge in [-0.05, 0) is 0 Å². The number of hydrogen-bond donors (Lipinski definition) is 0. The van der Waals surface area contributed by atoms with E-state index in [1.165, 1.54) is 0 Å². The van der Waals surface area contributed by atoms with E-state index in [9.17, 15) is 0 Å². The van der Waals surface area contributed by atoms with Gasteiger partial charge in [-0.15, -0.1) is 0 Å². The Morgan fingerprint density at radius 3 is 0.400 bits per heavy atom. The van der Waals surface area contributed by atoms with Crippen LogP contribution >= 0.6 is 0 Å². The van der Waals surface area contributed by atoms with E-state index < -0.39 is 0 Å². The Labute approximate surface area is 133 Å². The molecule has 0 aliphatic carbocycles. The van der Waals surface area contributed by atoms with Crippen molar-refractivity contribution in [3.8, 4) is 0 Å². The van der Waals surface area contributed by atoms with E-state index >= 15 is 0 Å². The molecule has 0 amide bonds. The molecule has 0 fully saturated rings. The Kier molecular flexibility index (Phi) is 3610. The van der Waals surface area contributed by atoms with Gasteiger partial charge in [0.25, 0.3) is 0 Å². The number of rotatable bonds is 0. The Bertz CT molecular complexity index is 13.6. The van der Waals surface area contributed by atoms with Crippen molar-refractivity contribution >= 4 is 60.8 Å². The van der Waals surface area contributed by atoms with Crippen molar-refractivity contribution in [2.45, 2.75) is 0 Å². The van der Waals surface area contributed by atoms with Crippen LogP contribution in [0.15, 0.2) is 0 Å². The summed E-state index contributed by atoms with van der Waals surface area (Å²) in [6, 6.07) is 0. The molecule has 0 spiro atoms. The average Bonchev–Trinajstić information content (AvgIpc) is 0. The van der Waals surface area contributed by atoms with Crippen LogP contribution in [0.5, 0.6) is 0 Å². The van der Waals surface area contributed by atoms with E-state index in [-0.39, 0.29) is 135 Å². The Balaban J connectivity index is 0. The van der Waals surface area contributed by atoms with Gasteiger partial charge in [0.05, 0.1) is 0 Å². The SMILES string of the molecule is [Ca+2].[Ce+3].[F-].[F-].[F-].[F-].[F-].[F-].[F-].[Mg+2]. The van der Waals surface area contributed by atoms with Gasteiger partial charge < -0.3 is 32.9 Å². The zero-order valence-corrected chi connectivity index (χ0v) is 11.3. The van der Waals surface area contributed by atoms with E-state index in [2.05, 4.69) is 0 Å². The largest absolute Gasteiger partial charge is 3.00 e. The van der Waals surface area contributed by atoms with Gasteiger partial charge in [-0.2, -0.15) is 0 Å². The second-order valence-electron chi connectivity index (χ2n) is 0. The molecule has 0 aromatic carbocycles. The molecule has 0 unspecified atom stereocenters. The molecule has 0 atom stereocenters. The zero-order chi connectivity index (χ0) is 0. The van der Waals surface area contributed by atoms with E-state index in [1.807, 2.05) is 0 Å². The first-order chi connectivity index (χ1) is 0. The quantitative estimate of drug-likeness (QED) is 0.304. The first kappa shape index (κ1) is 216. The van der Waals surface area contributed by atoms with Crippen LogP contribution in [-0.4, -0.2) is 60.8 Å². The molecule has 10 heteroatoms. The van der Waals surface area contributed by atoms with Crippen LogP contribution in [0.3, 0.4) is 0 Å². The topological polar surface area (TPSA) is 0 Å². The summed E-state index contributed by atoms with van der Waals surface area (Å²) in [4.78, 5) is 0. The first-order valence-corrected chi connectivity index (χ1v) is 0. The van der Waals surface area contributed by atoms with Crippen LogP contribution < -0.4 is 32.9 Å². The summed E-state index contributed by atoms with van der Waals surface area (Å²) in [7, 11) is 0. The van der Waals surface area contributed by atoms with Crippen LogP contribution in [0.2, 0.25) is 0 Å². The molecule has 0 aromatic rings. The van der Waals surface area contributed by atoms with Crippen molar-refractivity contribution in [1.82, 2.24) is 0 Å². The molecule has 0 saturated carbocycles. The smallest absolute Gasteiger partial charge is 1.00 e. The fourth-order valence-electron chi connectivity index (χ4n) is 0. The number of hydrogen-bond acceptors (Lipinski definition) is 0. The molecular formula is CaCeF7Mg. The standard InChI is InChI=1S/Ca.Ce.7FH.Mg/h;;7*1H;/q+2;+3;;;;;;;;+2/p-7. The monoisotopic (exact) mass is 337 g/mol. The molecule has 0 aliphatic heterocycles. The van der Waals surface area contributed by atoms with Gasteiger partial charge in [0, 0.05) is 0 Å². The third kappa shape index (κ3) is 126. The van der Waals surface area contributed by atoms with Gasteiger partial charge >= 0.3 is 103 Å². The number of halogens is 7. The molecule has 0 saturated heterocycles. The molecule has 57 valence electrons. The van der Waals surface area contributed by atoms with Crippen molar-refractivity contribution in [1.29, 1.82) is 0 Å². The molecule has 0 aliphatic rings. The van der Waals surface area contributed by atoms with Crippen LogP contribution in [0.25, 0.3) is 0 Å². The van der Waals surface area contributed by atoms with Gasteiger partial charge in [-0.25, -0.2) is 0 Å². The second kappa shape index (κ2) is 167. The summed E-state index contributed by atoms with van der Waals surface area (Å²) in [5, 5.41) is 0. The molecule has 0 bridgehead atoms. The molecule has 1 radical (unpaired) electrons. The Morgan fingerprint density at radius 2 is 0.400 bits per heavy atom. The van der Waals surface area contributed by atoms with E-state index in [0.717, 1.165) is 0 Å².